The van der Waals surface area contributed by atoms with Crippen molar-refractivity contribution in [3.63, 3.8) is 0 Å². The highest BCUT2D eigenvalue weighted by molar-refractivity contribution is 5.44. The summed E-state index contributed by atoms with van der Waals surface area (Å²) in [5, 5.41) is 10.6. The Morgan fingerprint density at radius 1 is 1.27 bits per heavy atom. The molecule has 2 nitrogen and oxygen atoms in total. The second-order valence-corrected chi connectivity index (χ2v) is 7.28. The number of aliphatic hydroxyl groups excluding tert-OH is 1. The molecule has 0 amide bonds. The molecule has 0 spiro atoms. The maximum Gasteiger partial charge on any atom is 0.119 e. The van der Waals surface area contributed by atoms with Crippen LogP contribution in [0.4, 0.5) is 0 Å². The molecule has 0 aromatic heterocycles. The molecule has 1 fully saturated rings. The largest absolute Gasteiger partial charge is 0.497 e. The minimum Gasteiger partial charge on any atom is -0.497 e. The van der Waals surface area contributed by atoms with E-state index in [4.69, 9.17) is 4.74 Å². The smallest absolute Gasteiger partial charge is 0.119 e. The van der Waals surface area contributed by atoms with Crippen LogP contribution in [0.25, 0.3) is 0 Å². The zero-order valence-corrected chi connectivity index (χ0v) is 13.6. The van der Waals surface area contributed by atoms with E-state index in [1.165, 1.54) is 24.0 Å². The van der Waals surface area contributed by atoms with Crippen LogP contribution >= 0.6 is 0 Å². The lowest BCUT2D eigenvalue weighted by Gasteiger charge is -2.48. The average molecular weight is 298 g/mol. The number of methoxy groups -OCH3 is 1. The molecule has 0 radical (unpaired) electrons. The van der Waals surface area contributed by atoms with Crippen molar-refractivity contribution in [1.29, 1.82) is 0 Å². The second kappa shape index (κ2) is 5.13. The summed E-state index contributed by atoms with van der Waals surface area (Å²) in [6, 6.07) is 6.63. The van der Waals surface area contributed by atoms with Gasteiger partial charge in [-0.3, -0.25) is 0 Å². The fourth-order valence-corrected chi connectivity index (χ4v) is 5.47. The molecular weight excluding hydrogens is 272 g/mol. The minimum absolute atomic E-state index is 0.0884. The van der Waals surface area contributed by atoms with Crippen molar-refractivity contribution < 1.29 is 9.84 Å². The number of hydrogen-bond acceptors (Lipinski definition) is 2. The molecule has 4 rings (SSSR count). The first-order valence-electron chi connectivity index (χ1n) is 8.75. The van der Waals surface area contributed by atoms with Crippen molar-refractivity contribution in [2.45, 2.75) is 57.5 Å². The first kappa shape index (κ1) is 14.3. The normalized spacial score (nSPS) is 36.1. The summed E-state index contributed by atoms with van der Waals surface area (Å²) in [6.07, 6.45) is 8.90. The molecule has 2 heteroatoms. The van der Waals surface area contributed by atoms with E-state index in [1.54, 1.807) is 12.7 Å². The van der Waals surface area contributed by atoms with Gasteiger partial charge in [-0.25, -0.2) is 0 Å². The summed E-state index contributed by atoms with van der Waals surface area (Å²) >= 11 is 0. The summed E-state index contributed by atoms with van der Waals surface area (Å²) in [4.78, 5) is 0. The third-order valence-corrected chi connectivity index (χ3v) is 6.67. The van der Waals surface area contributed by atoms with Crippen molar-refractivity contribution in [3.8, 4) is 5.75 Å². The lowest BCUT2D eigenvalue weighted by atomic mass is 9.56. The molecule has 0 saturated heterocycles. The quantitative estimate of drug-likeness (QED) is 0.828. The molecule has 118 valence electrons. The van der Waals surface area contributed by atoms with Crippen molar-refractivity contribution >= 4 is 0 Å². The number of rotatable bonds is 2. The van der Waals surface area contributed by atoms with Crippen LogP contribution in [0.1, 0.15) is 56.1 Å². The Balaban J connectivity index is 1.72. The van der Waals surface area contributed by atoms with Gasteiger partial charge in [0.05, 0.1) is 13.2 Å². The van der Waals surface area contributed by atoms with E-state index < -0.39 is 0 Å². The number of fused-ring (bicyclic) bond motifs is 5. The molecule has 1 aromatic carbocycles. The van der Waals surface area contributed by atoms with Gasteiger partial charge in [0.15, 0.2) is 0 Å². The molecule has 3 aliphatic rings. The maximum absolute atomic E-state index is 10.6. The van der Waals surface area contributed by atoms with Gasteiger partial charge in [-0.2, -0.15) is 0 Å². The molecule has 1 N–H and O–H groups in total. The van der Waals surface area contributed by atoms with Crippen molar-refractivity contribution in [2.24, 2.45) is 11.3 Å². The molecule has 0 aliphatic heterocycles. The number of aryl methyl sites for hydroxylation is 1. The summed E-state index contributed by atoms with van der Waals surface area (Å²) in [7, 11) is 1.74. The van der Waals surface area contributed by atoms with Gasteiger partial charge in [-0.1, -0.05) is 24.6 Å². The molecule has 0 heterocycles. The van der Waals surface area contributed by atoms with Crippen LogP contribution in [-0.4, -0.2) is 18.3 Å². The van der Waals surface area contributed by atoms with Crippen LogP contribution < -0.4 is 4.74 Å². The van der Waals surface area contributed by atoms with Gasteiger partial charge in [0.2, 0.25) is 0 Å². The van der Waals surface area contributed by atoms with Crippen LogP contribution in [0.3, 0.4) is 0 Å². The Kier molecular flexibility index (Phi) is 3.34. The molecule has 1 saturated carbocycles. The third-order valence-electron chi connectivity index (χ3n) is 6.67. The van der Waals surface area contributed by atoms with Crippen LogP contribution in [0.5, 0.6) is 5.75 Å². The third kappa shape index (κ3) is 1.83. The van der Waals surface area contributed by atoms with E-state index in [0.29, 0.717) is 11.8 Å². The van der Waals surface area contributed by atoms with Gasteiger partial charge in [-0.05, 0) is 73.6 Å². The van der Waals surface area contributed by atoms with Crippen LogP contribution in [-0.2, 0) is 6.42 Å². The zero-order valence-electron chi connectivity index (χ0n) is 13.6. The number of aliphatic hydroxyl groups is 1. The summed E-state index contributed by atoms with van der Waals surface area (Å²) in [6.45, 7) is 2.25. The lowest BCUT2D eigenvalue weighted by molar-refractivity contribution is 0.0311. The molecule has 0 bridgehead atoms. The fraction of sp³-hybridized carbons (Fsp3) is 0.600. The Morgan fingerprint density at radius 2 is 2.14 bits per heavy atom. The van der Waals surface area contributed by atoms with Crippen LogP contribution in [0.2, 0.25) is 0 Å². The Labute approximate surface area is 133 Å². The summed E-state index contributed by atoms with van der Waals surface area (Å²) < 4.78 is 5.39. The van der Waals surface area contributed by atoms with Crippen LogP contribution in [0, 0.1) is 11.3 Å². The first-order valence-corrected chi connectivity index (χ1v) is 8.75. The standard InChI is InChI=1S/C20H26O2/c1-3-20-11-10-16-15-7-5-14(22-2)12-13(15)4-6-17(16)18(20)8-9-19(20)21/h5,7-8,12,16-17,19,21H,3-4,6,9-11H2,1-2H3/t16-,17-,19+,20?/m1/s1. The summed E-state index contributed by atoms with van der Waals surface area (Å²) in [5.74, 6) is 2.27. The number of benzene rings is 1. The molecule has 1 unspecified atom stereocenters. The van der Waals surface area contributed by atoms with Gasteiger partial charge >= 0.3 is 0 Å². The van der Waals surface area contributed by atoms with Crippen molar-refractivity contribution in [3.05, 3.63) is 41.0 Å². The second-order valence-electron chi connectivity index (χ2n) is 7.28. The van der Waals surface area contributed by atoms with Crippen molar-refractivity contribution in [2.75, 3.05) is 7.11 Å². The van der Waals surface area contributed by atoms with Crippen LogP contribution in [0.15, 0.2) is 29.8 Å². The van der Waals surface area contributed by atoms with E-state index >= 15 is 0 Å². The van der Waals surface area contributed by atoms with E-state index in [2.05, 4.69) is 31.2 Å². The Hall–Kier alpha value is -1.28. The fourth-order valence-electron chi connectivity index (χ4n) is 5.47. The minimum atomic E-state index is -0.147. The highest BCUT2D eigenvalue weighted by atomic mass is 16.5. The Bertz CT molecular complexity index is 618. The lowest BCUT2D eigenvalue weighted by Crippen LogP contribution is -2.41. The molecule has 4 atom stereocenters. The summed E-state index contributed by atoms with van der Waals surface area (Å²) in [5.41, 5.74) is 4.68. The van der Waals surface area contributed by atoms with Gasteiger partial charge in [0.1, 0.15) is 5.75 Å². The zero-order chi connectivity index (χ0) is 15.3. The number of hydrogen-bond donors (Lipinski definition) is 1. The maximum atomic E-state index is 10.6. The monoisotopic (exact) mass is 298 g/mol. The van der Waals surface area contributed by atoms with Gasteiger partial charge in [0, 0.05) is 5.41 Å². The Morgan fingerprint density at radius 3 is 2.91 bits per heavy atom. The molecule has 3 aliphatic carbocycles. The molecule has 22 heavy (non-hydrogen) atoms. The van der Waals surface area contributed by atoms with Crippen molar-refractivity contribution in [1.82, 2.24) is 0 Å². The highest BCUT2D eigenvalue weighted by Gasteiger charge is 2.51. The van der Waals surface area contributed by atoms with E-state index in [0.717, 1.165) is 31.4 Å². The SMILES string of the molecule is CCC12CC[C@@H]3c4ccc(OC)cc4CC[C@H]3C1=CC[C@@H]2O. The topological polar surface area (TPSA) is 29.5 Å². The van der Waals surface area contributed by atoms with E-state index in [1.807, 2.05) is 0 Å². The predicted molar refractivity (Wildman–Crippen MR) is 88.2 cm³/mol. The van der Waals surface area contributed by atoms with Gasteiger partial charge in [0.25, 0.3) is 0 Å². The predicted octanol–water partition coefficient (Wildman–Crippen LogP) is 4.22. The number of ether oxygens (including phenoxy) is 1. The highest BCUT2D eigenvalue weighted by Crippen LogP contribution is 2.60. The van der Waals surface area contributed by atoms with Gasteiger partial charge < -0.3 is 9.84 Å². The van der Waals surface area contributed by atoms with E-state index in [9.17, 15) is 5.11 Å². The average Bonchev–Trinajstić information content (AvgIpc) is 2.91. The molecule has 1 aromatic rings. The molecular formula is C20H26O2. The first-order chi connectivity index (χ1) is 10.7. The van der Waals surface area contributed by atoms with E-state index in [-0.39, 0.29) is 11.5 Å². The van der Waals surface area contributed by atoms with Gasteiger partial charge in [-0.15, -0.1) is 0 Å².